The number of ether oxygens (including phenoxy) is 1. The van der Waals surface area contributed by atoms with Gasteiger partial charge in [0.2, 0.25) is 0 Å². The van der Waals surface area contributed by atoms with Crippen LogP contribution < -0.4 is 11.1 Å². The van der Waals surface area contributed by atoms with Gasteiger partial charge in [0.25, 0.3) is 5.91 Å². The Labute approximate surface area is 116 Å². The van der Waals surface area contributed by atoms with E-state index in [2.05, 4.69) is 15.5 Å². The molecule has 1 aliphatic rings. The summed E-state index contributed by atoms with van der Waals surface area (Å²) in [5.74, 6) is -0.274. The molecule has 2 aromatic rings. The summed E-state index contributed by atoms with van der Waals surface area (Å²) in [6, 6.07) is 5.51. The van der Waals surface area contributed by atoms with Crippen LogP contribution in [-0.4, -0.2) is 22.7 Å². The number of aromatic nitrogens is 2. The lowest BCUT2D eigenvalue weighted by molar-refractivity contribution is 0.0985. The lowest BCUT2D eigenvalue weighted by atomic mass is 10.1. The molecule has 1 aliphatic heterocycles. The van der Waals surface area contributed by atoms with Gasteiger partial charge in [0.15, 0.2) is 5.69 Å². The SMILES string of the molecule is Cc1ccc(NC(=O)c2n[nH]c3c2COCC3)c(N)c1. The number of benzene rings is 1. The molecule has 4 N–H and O–H groups in total. The fourth-order valence-electron chi connectivity index (χ4n) is 2.28. The molecule has 0 aliphatic carbocycles. The van der Waals surface area contributed by atoms with E-state index < -0.39 is 0 Å². The van der Waals surface area contributed by atoms with Crippen molar-refractivity contribution in [1.29, 1.82) is 0 Å². The van der Waals surface area contributed by atoms with E-state index in [9.17, 15) is 4.79 Å². The largest absolute Gasteiger partial charge is 0.397 e. The number of aromatic amines is 1. The summed E-state index contributed by atoms with van der Waals surface area (Å²) in [6.07, 6.45) is 0.752. The van der Waals surface area contributed by atoms with Gasteiger partial charge >= 0.3 is 0 Å². The van der Waals surface area contributed by atoms with Crippen molar-refractivity contribution in [2.75, 3.05) is 17.7 Å². The molecule has 0 atom stereocenters. The first-order valence-corrected chi connectivity index (χ1v) is 6.46. The molecule has 1 aromatic carbocycles. The van der Waals surface area contributed by atoms with Gasteiger partial charge in [0.1, 0.15) is 0 Å². The van der Waals surface area contributed by atoms with E-state index in [1.165, 1.54) is 0 Å². The van der Waals surface area contributed by atoms with Crippen LogP contribution in [0.5, 0.6) is 0 Å². The number of nitrogens with one attached hydrogen (secondary N) is 2. The van der Waals surface area contributed by atoms with Gasteiger partial charge in [-0.2, -0.15) is 5.10 Å². The highest BCUT2D eigenvalue weighted by Gasteiger charge is 2.22. The zero-order chi connectivity index (χ0) is 14.1. The van der Waals surface area contributed by atoms with Gasteiger partial charge in [-0.15, -0.1) is 0 Å². The Morgan fingerprint density at radius 3 is 3.15 bits per heavy atom. The quantitative estimate of drug-likeness (QED) is 0.724. The van der Waals surface area contributed by atoms with E-state index in [-0.39, 0.29) is 5.91 Å². The fourth-order valence-corrected chi connectivity index (χ4v) is 2.28. The molecule has 104 valence electrons. The van der Waals surface area contributed by atoms with Crippen LogP contribution in [-0.2, 0) is 17.8 Å². The number of nitrogens with zero attached hydrogens (tertiary/aromatic N) is 1. The average molecular weight is 272 g/mol. The number of hydrogen-bond donors (Lipinski definition) is 3. The predicted octanol–water partition coefficient (Wildman–Crippen LogP) is 1.63. The van der Waals surface area contributed by atoms with E-state index in [0.717, 1.165) is 23.2 Å². The van der Waals surface area contributed by atoms with Crippen LogP contribution >= 0.6 is 0 Å². The second-order valence-corrected chi connectivity index (χ2v) is 4.88. The molecule has 3 rings (SSSR count). The van der Waals surface area contributed by atoms with Gasteiger partial charge in [-0.1, -0.05) is 6.07 Å². The third-order valence-electron chi connectivity index (χ3n) is 3.37. The number of anilines is 2. The highest BCUT2D eigenvalue weighted by molar-refractivity contribution is 6.05. The number of aryl methyl sites for hydroxylation is 1. The maximum absolute atomic E-state index is 12.3. The number of nitrogens with two attached hydrogens (primary N) is 1. The maximum atomic E-state index is 12.3. The zero-order valence-electron chi connectivity index (χ0n) is 11.2. The number of nitrogen functional groups attached to an aromatic ring is 1. The minimum absolute atomic E-state index is 0.274. The number of hydrogen-bond acceptors (Lipinski definition) is 4. The fraction of sp³-hybridized carbons (Fsp3) is 0.286. The Hall–Kier alpha value is -2.34. The molecule has 6 heteroatoms. The van der Waals surface area contributed by atoms with Crippen molar-refractivity contribution in [2.24, 2.45) is 0 Å². The molecule has 0 unspecified atom stereocenters. The number of H-pyrrole nitrogens is 1. The van der Waals surface area contributed by atoms with Crippen molar-refractivity contribution in [3.8, 4) is 0 Å². The summed E-state index contributed by atoms with van der Waals surface area (Å²) >= 11 is 0. The third-order valence-corrected chi connectivity index (χ3v) is 3.37. The molecular formula is C14H16N4O2. The van der Waals surface area contributed by atoms with Crippen molar-refractivity contribution in [2.45, 2.75) is 20.0 Å². The molecule has 2 heterocycles. The van der Waals surface area contributed by atoms with Gasteiger partial charge in [-0.25, -0.2) is 0 Å². The van der Waals surface area contributed by atoms with E-state index in [1.807, 2.05) is 19.1 Å². The molecule has 0 radical (unpaired) electrons. The van der Waals surface area contributed by atoms with Crippen LogP contribution in [0.4, 0.5) is 11.4 Å². The number of carbonyl (C=O) groups excluding carboxylic acids is 1. The van der Waals surface area contributed by atoms with Gasteiger partial charge in [0.05, 0.1) is 24.6 Å². The van der Waals surface area contributed by atoms with Crippen LogP contribution in [0.1, 0.15) is 27.3 Å². The van der Waals surface area contributed by atoms with Crippen LogP contribution in [0, 0.1) is 6.92 Å². The number of rotatable bonds is 2. The zero-order valence-corrected chi connectivity index (χ0v) is 11.2. The molecule has 6 nitrogen and oxygen atoms in total. The molecule has 20 heavy (non-hydrogen) atoms. The van der Waals surface area contributed by atoms with Crippen LogP contribution in [0.25, 0.3) is 0 Å². The number of fused-ring (bicyclic) bond motifs is 1. The van der Waals surface area contributed by atoms with Gasteiger partial charge in [0, 0.05) is 17.7 Å². The summed E-state index contributed by atoms with van der Waals surface area (Å²) in [5, 5.41) is 9.77. The van der Waals surface area contributed by atoms with Crippen molar-refractivity contribution in [1.82, 2.24) is 10.2 Å². The molecular weight excluding hydrogens is 256 g/mol. The Kier molecular flexibility index (Phi) is 3.15. The summed E-state index contributed by atoms with van der Waals surface area (Å²) in [6.45, 7) is 3.02. The average Bonchev–Trinajstić information content (AvgIpc) is 2.86. The Balaban J connectivity index is 1.84. The highest BCUT2D eigenvalue weighted by Crippen LogP contribution is 2.22. The number of amides is 1. The maximum Gasteiger partial charge on any atom is 0.276 e. The van der Waals surface area contributed by atoms with Crippen molar-refractivity contribution in [3.63, 3.8) is 0 Å². The second kappa shape index (κ2) is 4.97. The van der Waals surface area contributed by atoms with E-state index in [4.69, 9.17) is 10.5 Å². The van der Waals surface area contributed by atoms with Gasteiger partial charge in [-0.3, -0.25) is 9.89 Å². The van der Waals surface area contributed by atoms with Crippen LogP contribution in [0.15, 0.2) is 18.2 Å². The first-order chi connectivity index (χ1) is 9.65. The van der Waals surface area contributed by atoms with E-state index in [1.54, 1.807) is 6.07 Å². The third kappa shape index (κ3) is 2.25. The van der Waals surface area contributed by atoms with Crippen LogP contribution in [0.3, 0.4) is 0 Å². The standard InChI is InChI=1S/C14H16N4O2/c1-8-2-3-12(10(15)6-8)16-14(19)13-9-7-20-5-4-11(9)17-18-13/h2-3,6H,4-5,7,15H2,1H3,(H,16,19)(H,17,18). The second-order valence-electron chi connectivity index (χ2n) is 4.88. The topological polar surface area (TPSA) is 93.0 Å². The normalized spacial score (nSPS) is 13.8. The lowest BCUT2D eigenvalue weighted by Gasteiger charge is -2.12. The van der Waals surface area contributed by atoms with Gasteiger partial charge in [-0.05, 0) is 24.6 Å². The molecule has 0 fully saturated rings. The molecule has 0 bridgehead atoms. The minimum atomic E-state index is -0.274. The molecule has 0 saturated carbocycles. The first kappa shape index (κ1) is 12.7. The van der Waals surface area contributed by atoms with Gasteiger partial charge < -0.3 is 15.8 Å². The smallest absolute Gasteiger partial charge is 0.276 e. The number of carbonyl (C=O) groups is 1. The van der Waals surface area contributed by atoms with E-state index in [0.29, 0.717) is 30.3 Å². The highest BCUT2D eigenvalue weighted by atomic mass is 16.5. The summed E-state index contributed by atoms with van der Waals surface area (Å²) in [4.78, 5) is 12.3. The monoisotopic (exact) mass is 272 g/mol. The molecule has 1 amide bonds. The minimum Gasteiger partial charge on any atom is -0.397 e. The van der Waals surface area contributed by atoms with E-state index >= 15 is 0 Å². The lowest BCUT2D eigenvalue weighted by Crippen LogP contribution is -2.17. The Morgan fingerprint density at radius 2 is 2.35 bits per heavy atom. The first-order valence-electron chi connectivity index (χ1n) is 6.46. The molecule has 0 spiro atoms. The van der Waals surface area contributed by atoms with Crippen LogP contribution in [0.2, 0.25) is 0 Å². The summed E-state index contributed by atoms with van der Waals surface area (Å²) in [7, 11) is 0. The molecule has 1 aromatic heterocycles. The molecule has 0 saturated heterocycles. The predicted molar refractivity (Wildman–Crippen MR) is 75.5 cm³/mol. The summed E-state index contributed by atoms with van der Waals surface area (Å²) < 4.78 is 5.37. The van der Waals surface area contributed by atoms with Crippen molar-refractivity contribution >= 4 is 17.3 Å². The van der Waals surface area contributed by atoms with Crippen molar-refractivity contribution < 1.29 is 9.53 Å². The van der Waals surface area contributed by atoms with Crippen molar-refractivity contribution in [3.05, 3.63) is 40.7 Å². The Bertz CT molecular complexity index is 663. The summed E-state index contributed by atoms with van der Waals surface area (Å²) in [5.41, 5.74) is 10.3. The Morgan fingerprint density at radius 1 is 1.50 bits per heavy atom.